The highest BCUT2D eigenvalue weighted by Gasteiger charge is 2.39. The van der Waals surface area contributed by atoms with Crippen molar-refractivity contribution in [3.8, 4) is 0 Å². The molecule has 11 heteroatoms. The minimum Gasteiger partial charge on any atom is -0.376 e. The molecule has 2 aliphatic rings. The third-order valence-electron chi connectivity index (χ3n) is 6.60. The van der Waals surface area contributed by atoms with Crippen LogP contribution in [0.25, 0.3) is 0 Å². The van der Waals surface area contributed by atoms with Crippen LogP contribution < -0.4 is 9.62 Å². The topological polar surface area (TPSA) is 84.4 Å². The van der Waals surface area contributed by atoms with Crippen LogP contribution in [0.5, 0.6) is 0 Å². The molecule has 1 aromatic carbocycles. The summed E-state index contributed by atoms with van der Waals surface area (Å²) in [5.41, 5.74) is 0.292. The molecule has 1 aliphatic heterocycles. The van der Waals surface area contributed by atoms with Crippen molar-refractivity contribution >= 4 is 15.8 Å². The lowest BCUT2D eigenvalue weighted by molar-refractivity contribution is -0.141. The summed E-state index contributed by atoms with van der Waals surface area (Å²) in [5, 5.41) is 0. The average Bonchev–Trinajstić information content (AvgIpc) is 3.19. The van der Waals surface area contributed by atoms with Gasteiger partial charge in [-0.2, -0.15) is 13.2 Å². The van der Waals surface area contributed by atoms with Gasteiger partial charge in [-0.05, 0) is 43.6 Å². The summed E-state index contributed by atoms with van der Waals surface area (Å²) >= 11 is 0. The number of hydrogen-bond donors (Lipinski definition) is 1. The maximum absolute atomic E-state index is 13.2. The molecule has 0 amide bonds. The molecule has 0 bridgehead atoms. The molecule has 0 radical (unpaired) electrons. The van der Waals surface area contributed by atoms with Gasteiger partial charge in [-0.15, -0.1) is 0 Å². The van der Waals surface area contributed by atoms with Crippen molar-refractivity contribution in [2.45, 2.75) is 62.4 Å². The Morgan fingerprint density at radius 2 is 1.79 bits per heavy atom. The van der Waals surface area contributed by atoms with Crippen molar-refractivity contribution < 1.29 is 26.3 Å². The summed E-state index contributed by atoms with van der Waals surface area (Å²) in [6, 6.07) is 10.3. The summed E-state index contributed by atoms with van der Waals surface area (Å²) in [5.74, 6) is 0.604. The average molecular weight is 499 g/mol. The Labute approximate surface area is 197 Å². The summed E-state index contributed by atoms with van der Waals surface area (Å²) in [6.07, 6.45) is 1.58. The summed E-state index contributed by atoms with van der Waals surface area (Å²) in [7, 11) is -3.50. The van der Waals surface area contributed by atoms with E-state index in [0.29, 0.717) is 18.9 Å². The van der Waals surface area contributed by atoms with Gasteiger partial charge in [-0.1, -0.05) is 30.3 Å². The van der Waals surface area contributed by atoms with Crippen LogP contribution in [0.3, 0.4) is 0 Å². The number of nitrogens with one attached hydrogen (secondary N) is 1. The molecule has 0 unspecified atom stereocenters. The number of ether oxygens (including phenoxy) is 1. The van der Waals surface area contributed by atoms with Crippen molar-refractivity contribution in [3.05, 3.63) is 54.0 Å². The number of nitrogens with zero attached hydrogens (tertiary/aromatic N) is 3. The zero-order valence-electron chi connectivity index (χ0n) is 18.9. The van der Waals surface area contributed by atoms with E-state index < -0.39 is 34.0 Å². The van der Waals surface area contributed by atoms with Crippen LogP contribution in [-0.2, 0) is 20.9 Å². The Hall–Kier alpha value is -2.24. The third kappa shape index (κ3) is 6.25. The second kappa shape index (κ2) is 10.2. The first-order valence-electron chi connectivity index (χ1n) is 11.4. The summed E-state index contributed by atoms with van der Waals surface area (Å²) in [6.45, 7) is 0.551. The molecule has 0 spiro atoms. The minimum absolute atomic E-state index is 0.0254. The standard InChI is InChI=1S/C23H29F3N4O3S/c1-34(31,32)29-19-11-12-30(22-13-21(23(24,25)26)27-15-28-22)20(19)14-33-18-9-7-17(8-10-18)16-5-3-2-4-6-16/h2-6,13,15,17-20,29H,7-12,14H2,1H3/t17-,18+,19-,20-/m0/s1. The van der Waals surface area contributed by atoms with Crippen molar-refractivity contribution in [2.24, 2.45) is 0 Å². The molecule has 2 aromatic rings. The SMILES string of the molecule is CS(=O)(=O)N[C@H]1CCN(c2cc(C(F)(F)F)ncn2)[C@H]1CO[C@H]1CC[C@@H](c2ccccc2)CC1. The van der Waals surface area contributed by atoms with E-state index in [-0.39, 0.29) is 18.5 Å². The summed E-state index contributed by atoms with van der Waals surface area (Å²) < 4.78 is 72.1. The second-order valence-electron chi connectivity index (χ2n) is 9.02. The Morgan fingerprint density at radius 1 is 1.09 bits per heavy atom. The van der Waals surface area contributed by atoms with E-state index >= 15 is 0 Å². The lowest BCUT2D eigenvalue weighted by atomic mass is 9.83. The molecular formula is C23H29F3N4O3S. The fourth-order valence-corrected chi connectivity index (χ4v) is 5.76. The van der Waals surface area contributed by atoms with Gasteiger partial charge in [-0.25, -0.2) is 23.1 Å². The van der Waals surface area contributed by atoms with Gasteiger partial charge in [0.2, 0.25) is 10.0 Å². The van der Waals surface area contributed by atoms with Crippen LogP contribution in [0.4, 0.5) is 19.0 Å². The van der Waals surface area contributed by atoms with Gasteiger partial charge in [0, 0.05) is 18.7 Å². The number of hydrogen-bond acceptors (Lipinski definition) is 6. The van der Waals surface area contributed by atoms with E-state index in [0.717, 1.165) is 44.3 Å². The summed E-state index contributed by atoms with van der Waals surface area (Å²) in [4.78, 5) is 9.06. The Kier molecular flexibility index (Phi) is 7.44. The van der Waals surface area contributed by atoms with Crippen molar-refractivity contribution in [2.75, 3.05) is 24.3 Å². The number of alkyl halides is 3. The molecule has 1 aliphatic carbocycles. The van der Waals surface area contributed by atoms with E-state index in [2.05, 4.69) is 26.8 Å². The minimum atomic E-state index is -4.59. The quantitative estimate of drug-likeness (QED) is 0.626. The number of anilines is 1. The van der Waals surface area contributed by atoms with E-state index in [9.17, 15) is 21.6 Å². The van der Waals surface area contributed by atoms with Crippen LogP contribution in [0.1, 0.15) is 49.3 Å². The molecule has 1 aromatic heterocycles. The molecule has 2 atom stereocenters. The van der Waals surface area contributed by atoms with Gasteiger partial charge in [0.15, 0.2) is 0 Å². The predicted octanol–water partition coefficient (Wildman–Crippen LogP) is 3.73. The lowest BCUT2D eigenvalue weighted by Gasteiger charge is -2.33. The zero-order chi connectivity index (χ0) is 24.3. The molecule has 1 saturated carbocycles. The van der Waals surface area contributed by atoms with Crippen LogP contribution in [0, 0.1) is 0 Å². The van der Waals surface area contributed by atoms with Gasteiger partial charge in [0.1, 0.15) is 17.8 Å². The Morgan fingerprint density at radius 3 is 2.44 bits per heavy atom. The fraction of sp³-hybridized carbons (Fsp3) is 0.565. The number of benzene rings is 1. The van der Waals surface area contributed by atoms with Crippen LogP contribution in [-0.4, -0.2) is 56.0 Å². The first-order valence-corrected chi connectivity index (χ1v) is 13.3. The number of sulfonamides is 1. The monoisotopic (exact) mass is 498 g/mol. The first-order chi connectivity index (χ1) is 16.1. The van der Waals surface area contributed by atoms with Crippen molar-refractivity contribution in [3.63, 3.8) is 0 Å². The van der Waals surface area contributed by atoms with Gasteiger partial charge in [0.05, 0.1) is 25.0 Å². The van der Waals surface area contributed by atoms with E-state index in [1.165, 1.54) is 5.56 Å². The Balaban J connectivity index is 1.44. The molecule has 2 heterocycles. The highest BCUT2D eigenvalue weighted by atomic mass is 32.2. The maximum atomic E-state index is 13.2. The largest absolute Gasteiger partial charge is 0.433 e. The van der Waals surface area contributed by atoms with Crippen LogP contribution in [0.15, 0.2) is 42.7 Å². The molecule has 1 N–H and O–H groups in total. The fourth-order valence-electron chi connectivity index (χ4n) is 4.94. The molecular weight excluding hydrogens is 469 g/mol. The van der Waals surface area contributed by atoms with Gasteiger partial charge in [0.25, 0.3) is 0 Å². The highest BCUT2D eigenvalue weighted by molar-refractivity contribution is 7.88. The molecule has 7 nitrogen and oxygen atoms in total. The molecule has 2 fully saturated rings. The van der Waals surface area contributed by atoms with E-state index in [1.807, 2.05) is 18.2 Å². The third-order valence-corrected chi connectivity index (χ3v) is 7.33. The molecule has 186 valence electrons. The predicted molar refractivity (Wildman–Crippen MR) is 122 cm³/mol. The van der Waals surface area contributed by atoms with Crippen LogP contribution >= 0.6 is 0 Å². The molecule has 34 heavy (non-hydrogen) atoms. The Bertz CT molecular complexity index is 1060. The second-order valence-corrected chi connectivity index (χ2v) is 10.8. The van der Waals surface area contributed by atoms with Gasteiger partial charge in [-0.3, -0.25) is 0 Å². The van der Waals surface area contributed by atoms with E-state index in [4.69, 9.17) is 4.74 Å². The van der Waals surface area contributed by atoms with Crippen molar-refractivity contribution in [1.82, 2.24) is 14.7 Å². The first kappa shape index (κ1) is 24.9. The zero-order valence-corrected chi connectivity index (χ0v) is 19.7. The molecule has 1 saturated heterocycles. The van der Waals surface area contributed by atoms with Gasteiger partial charge < -0.3 is 9.64 Å². The van der Waals surface area contributed by atoms with Crippen molar-refractivity contribution in [1.29, 1.82) is 0 Å². The van der Waals surface area contributed by atoms with E-state index in [1.54, 1.807) is 4.90 Å². The smallest absolute Gasteiger partial charge is 0.376 e. The molecule has 4 rings (SSSR count). The number of rotatable bonds is 7. The normalized spacial score (nSPS) is 26.1. The highest BCUT2D eigenvalue weighted by Crippen LogP contribution is 2.35. The lowest BCUT2D eigenvalue weighted by Crippen LogP contribution is -2.48. The maximum Gasteiger partial charge on any atom is 0.433 e. The number of aromatic nitrogens is 2. The van der Waals surface area contributed by atoms with Crippen LogP contribution in [0.2, 0.25) is 0 Å². The number of halogens is 3. The van der Waals surface area contributed by atoms with Gasteiger partial charge >= 0.3 is 6.18 Å².